The molecule has 0 unspecified atom stereocenters. The largest absolute Gasteiger partial charge is 0.399 e. The van der Waals surface area contributed by atoms with Crippen LogP contribution in [-0.2, 0) is 16.6 Å². The lowest BCUT2D eigenvalue weighted by atomic mass is 10.2. The molecule has 106 valence electrons. The van der Waals surface area contributed by atoms with Crippen molar-refractivity contribution in [3.05, 3.63) is 53.8 Å². The topological polar surface area (TPSA) is 92.4 Å². The van der Waals surface area contributed by atoms with Crippen LogP contribution in [0.3, 0.4) is 0 Å². The Labute approximate surface area is 115 Å². The fourth-order valence-electron chi connectivity index (χ4n) is 1.61. The summed E-state index contributed by atoms with van der Waals surface area (Å²) in [6.45, 7) is -0.142. The van der Waals surface area contributed by atoms with Crippen LogP contribution in [0.1, 0.15) is 5.56 Å². The third-order valence-corrected chi connectivity index (χ3v) is 4.03. The minimum absolute atomic E-state index is 0.142. The van der Waals surface area contributed by atoms with Crippen LogP contribution < -0.4 is 10.5 Å². The molecule has 0 aliphatic rings. The highest BCUT2D eigenvalue weighted by molar-refractivity contribution is 7.92. The predicted octanol–water partition coefficient (Wildman–Crippen LogP) is 1.70. The Kier molecular flexibility index (Phi) is 3.91. The molecular weight excluding hydrogens is 283 g/mol. The van der Waals surface area contributed by atoms with E-state index in [9.17, 15) is 12.8 Å². The summed E-state index contributed by atoms with van der Waals surface area (Å²) in [6.07, 6.45) is 0. The lowest BCUT2D eigenvalue weighted by molar-refractivity contribution is 0.282. The molecule has 0 heterocycles. The molecule has 0 aliphatic heterocycles. The van der Waals surface area contributed by atoms with Crippen molar-refractivity contribution in [2.24, 2.45) is 0 Å². The first kappa shape index (κ1) is 14.3. The number of aliphatic hydroxyl groups excluding tert-OH is 1. The number of nitrogens with one attached hydrogen (secondary N) is 1. The third kappa shape index (κ3) is 3.06. The number of aliphatic hydroxyl groups is 1. The molecule has 0 atom stereocenters. The van der Waals surface area contributed by atoms with Crippen molar-refractivity contribution < 1.29 is 17.9 Å². The van der Waals surface area contributed by atoms with Crippen molar-refractivity contribution in [1.82, 2.24) is 0 Å². The Bertz CT molecular complexity index is 715. The van der Waals surface area contributed by atoms with Crippen molar-refractivity contribution in [2.45, 2.75) is 11.5 Å². The SMILES string of the molecule is Nc1ccc(F)c(S(=O)(=O)Nc2ccc(CO)cc2)c1. The summed E-state index contributed by atoms with van der Waals surface area (Å²) in [5.41, 5.74) is 6.53. The van der Waals surface area contributed by atoms with Crippen molar-refractivity contribution in [2.75, 3.05) is 10.5 Å². The van der Waals surface area contributed by atoms with E-state index in [1.807, 2.05) is 0 Å². The molecular formula is C13H13FN2O3S. The summed E-state index contributed by atoms with van der Waals surface area (Å²) in [6, 6.07) is 9.42. The van der Waals surface area contributed by atoms with Crippen LogP contribution in [0.25, 0.3) is 0 Å². The van der Waals surface area contributed by atoms with Crippen molar-refractivity contribution >= 4 is 21.4 Å². The Morgan fingerprint density at radius 1 is 1.15 bits per heavy atom. The number of nitrogen functional groups attached to an aromatic ring is 1. The van der Waals surface area contributed by atoms with Gasteiger partial charge in [-0.1, -0.05) is 12.1 Å². The van der Waals surface area contributed by atoms with Gasteiger partial charge >= 0.3 is 0 Å². The summed E-state index contributed by atoms with van der Waals surface area (Å²) >= 11 is 0. The average molecular weight is 296 g/mol. The molecule has 0 saturated heterocycles. The first-order chi connectivity index (χ1) is 9.42. The molecule has 0 spiro atoms. The first-order valence-electron chi connectivity index (χ1n) is 5.70. The van der Waals surface area contributed by atoms with E-state index in [1.54, 1.807) is 12.1 Å². The van der Waals surface area contributed by atoms with Gasteiger partial charge in [-0.05, 0) is 35.9 Å². The second-order valence-corrected chi connectivity index (χ2v) is 5.80. The van der Waals surface area contributed by atoms with Crippen molar-refractivity contribution in [1.29, 1.82) is 0 Å². The van der Waals surface area contributed by atoms with Gasteiger partial charge in [0.1, 0.15) is 10.7 Å². The molecule has 0 saturated carbocycles. The second-order valence-electron chi connectivity index (χ2n) is 4.15. The number of hydrogen-bond donors (Lipinski definition) is 3. The molecule has 4 N–H and O–H groups in total. The lowest BCUT2D eigenvalue weighted by Gasteiger charge is -2.10. The highest BCUT2D eigenvalue weighted by Crippen LogP contribution is 2.21. The van der Waals surface area contributed by atoms with Crippen LogP contribution in [0, 0.1) is 5.82 Å². The number of hydrogen-bond acceptors (Lipinski definition) is 4. The zero-order valence-electron chi connectivity index (χ0n) is 10.4. The van der Waals surface area contributed by atoms with Gasteiger partial charge < -0.3 is 10.8 Å². The Morgan fingerprint density at radius 2 is 1.80 bits per heavy atom. The fourth-order valence-corrected chi connectivity index (χ4v) is 2.79. The highest BCUT2D eigenvalue weighted by atomic mass is 32.2. The van der Waals surface area contributed by atoms with Crippen LogP contribution in [0.2, 0.25) is 0 Å². The number of halogens is 1. The summed E-state index contributed by atoms with van der Waals surface area (Å²) in [4.78, 5) is -0.510. The highest BCUT2D eigenvalue weighted by Gasteiger charge is 2.19. The van der Waals surface area contributed by atoms with E-state index in [2.05, 4.69) is 4.72 Å². The van der Waals surface area contributed by atoms with Crippen LogP contribution in [0.4, 0.5) is 15.8 Å². The molecule has 0 bridgehead atoms. The second kappa shape index (κ2) is 5.48. The molecule has 0 aliphatic carbocycles. The molecule has 0 radical (unpaired) electrons. The maximum absolute atomic E-state index is 13.6. The molecule has 20 heavy (non-hydrogen) atoms. The molecule has 0 aromatic heterocycles. The van der Waals surface area contributed by atoms with Crippen molar-refractivity contribution in [3.63, 3.8) is 0 Å². The molecule has 2 aromatic rings. The van der Waals surface area contributed by atoms with Gasteiger partial charge in [0.05, 0.1) is 6.61 Å². The van der Waals surface area contributed by atoms with Gasteiger partial charge in [-0.2, -0.15) is 0 Å². The van der Waals surface area contributed by atoms with Crippen LogP contribution in [-0.4, -0.2) is 13.5 Å². The van der Waals surface area contributed by atoms with Crippen LogP contribution >= 0.6 is 0 Å². The van der Waals surface area contributed by atoms with Gasteiger partial charge in [-0.25, -0.2) is 12.8 Å². The van der Waals surface area contributed by atoms with E-state index in [4.69, 9.17) is 10.8 Å². The van der Waals surface area contributed by atoms with Gasteiger partial charge in [0.15, 0.2) is 0 Å². The standard InChI is InChI=1S/C13H13FN2O3S/c14-12-6-3-10(15)7-13(12)20(18,19)16-11-4-1-9(8-17)2-5-11/h1-7,16-17H,8,15H2. The average Bonchev–Trinajstić information content (AvgIpc) is 2.42. The first-order valence-corrected chi connectivity index (χ1v) is 7.18. The molecule has 0 fully saturated rings. The smallest absolute Gasteiger partial charge is 0.264 e. The summed E-state index contributed by atoms with van der Waals surface area (Å²) in [5.74, 6) is -0.876. The summed E-state index contributed by atoms with van der Waals surface area (Å²) in [7, 11) is -4.05. The Balaban J connectivity index is 2.32. The van der Waals surface area contributed by atoms with Gasteiger partial charge in [0, 0.05) is 11.4 Å². The van der Waals surface area contributed by atoms with E-state index in [0.717, 1.165) is 12.1 Å². The van der Waals surface area contributed by atoms with E-state index in [0.29, 0.717) is 5.56 Å². The van der Waals surface area contributed by atoms with Crippen molar-refractivity contribution in [3.8, 4) is 0 Å². The van der Waals surface area contributed by atoms with Gasteiger partial charge in [0.2, 0.25) is 0 Å². The van der Waals surface area contributed by atoms with E-state index < -0.39 is 20.7 Å². The number of nitrogens with two attached hydrogens (primary N) is 1. The lowest BCUT2D eigenvalue weighted by Crippen LogP contribution is -2.15. The normalized spacial score (nSPS) is 11.3. The number of sulfonamides is 1. The van der Waals surface area contributed by atoms with E-state index in [1.165, 1.54) is 18.2 Å². The maximum atomic E-state index is 13.6. The van der Waals surface area contributed by atoms with Gasteiger partial charge in [-0.15, -0.1) is 0 Å². The Morgan fingerprint density at radius 3 is 2.40 bits per heavy atom. The molecule has 5 nitrogen and oxygen atoms in total. The number of anilines is 2. The molecule has 7 heteroatoms. The van der Waals surface area contributed by atoms with Crippen LogP contribution in [0.15, 0.2) is 47.4 Å². The zero-order chi connectivity index (χ0) is 14.8. The minimum atomic E-state index is -4.05. The molecule has 0 amide bonds. The monoisotopic (exact) mass is 296 g/mol. The minimum Gasteiger partial charge on any atom is -0.399 e. The van der Waals surface area contributed by atoms with Gasteiger partial charge in [-0.3, -0.25) is 4.72 Å². The quantitative estimate of drug-likeness (QED) is 0.749. The number of rotatable bonds is 4. The van der Waals surface area contributed by atoms with Gasteiger partial charge in [0.25, 0.3) is 10.0 Å². The maximum Gasteiger partial charge on any atom is 0.264 e. The molecule has 2 aromatic carbocycles. The third-order valence-electron chi connectivity index (χ3n) is 2.63. The predicted molar refractivity (Wildman–Crippen MR) is 74.0 cm³/mol. The van der Waals surface area contributed by atoms with E-state index in [-0.39, 0.29) is 18.0 Å². The van der Waals surface area contributed by atoms with Crippen LogP contribution in [0.5, 0.6) is 0 Å². The summed E-state index contributed by atoms with van der Waals surface area (Å²) < 4.78 is 40.0. The zero-order valence-corrected chi connectivity index (χ0v) is 11.2. The van der Waals surface area contributed by atoms with E-state index >= 15 is 0 Å². The Hall–Kier alpha value is -2.12. The summed E-state index contributed by atoms with van der Waals surface area (Å²) in [5, 5.41) is 8.90. The number of benzene rings is 2. The molecule has 2 rings (SSSR count). The fraction of sp³-hybridized carbons (Fsp3) is 0.0769.